The summed E-state index contributed by atoms with van der Waals surface area (Å²) >= 11 is 0. The van der Waals surface area contributed by atoms with Crippen LogP contribution < -0.4 is 10.6 Å². The number of carbonyl (C=O) groups excluding carboxylic acids is 1. The second kappa shape index (κ2) is 7.20. The van der Waals surface area contributed by atoms with Crippen LogP contribution in [-0.4, -0.2) is 42.4 Å². The van der Waals surface area contributed by atoms with Gasteiger partial charge < -0.3 is 20.5 Å². The molecule has 0 aromatic carbocycles. The number of aliphatic carboxylic acids is 1. The molecule has 1 aliphatic rings. The zero-order valence-electron chi connectivity index (χ0n) is 10.9. The summed E-state index contributed by atoms with van der Waals surface area (Å²) in [5, 5.41) is 14.1. The van der Waals surface area contributed by atoms with E-state index in [-0.39, 0.29) is 12.1 Å². The average Bonchev–Trinajstić information content (AvgIpc) is 2.36. The van der Waals surface area contributed by atoms with Gasteiger partial charge in [-0.15, -0.1) is 0 Å². The van der Waals surface area contributed by atoms with E-state index < -0.39 is 17.9 Å². The Hall–Kier alpha value is -1.30. The van der Waals surface area contributed by atoms with E-state index in [1.807, 2.05) is 0 Å². The number of amides is 2. The van der Waals surface area contributed by atoms with Gasteiger partial charge in [0.2, 0.25) is 0 Å². The summed E-state index contributed by atoms with van der Waals surface area (Å²) in [6.45, 7) is 4.47. The van der Waals surface area contributed by atoms with Gasteiger partial charge in [0.15, 0.2) is 0 Å². The van der Waals surface area contributed by atoms with Crippen molar-refractivity contribution in [2.45, 2.75) is 45.3 Å². The third kappa shape index (κ3) is 4.91. The van der Waals surface area contributed by atoms with Crippen LogP contribution in [0.2, 0.25) is 0 Å². The Labute approximate surface area is 107 Å². The maximum absolute atomic E-state index is 11.6. The number of carboxylic acid groups (broad SMARTS) is 1. The quantitative estimate of drug-likeness (QED) is 0.685. The fourth-order valence-electron chi connectivity index (χ4n) is 1.77. The molecule has 104 valence electrons. The molecule has 0 saturated carbocycles. The lowest BCUT2D eigenvalue weighted by molar-refractivity contribution is -0.141. The summed E-state index contributed by atoms with van der Waals surface area (Å²) in [5.74, 6) is -1.53. The van der Waals surface area contributed by atoms with E-state index in [4.69, 9.17) is 9.84 Å². The number of urea groups is 1. The number of nitrogens with one attached hydrogen (secondary N) is 2. The lowest BCUT2D eigenvalue weighted by Gasteiger charge is -2.24. The van der Waals surface area contributed by atoms with Gasteiger partial charge in [-0.3, -0.25) is 4.79 Å². The molecule has 6 heteroatoms. The topological polar surface area (TPSA) is 87.7 Å². The molecule has 18 heavy (non-hydrogen) atoms. The molecule has 1 fully saturated rings. The van der Waals surface area contributed by atoms with Crippen molar-refractivity contribution in [2.24, 2.45) is 5.92 Å². The Morgan fingerprint density at radius 1 is 1.39 bits per heavy atom. The number of hydrogen-bond donors (Lipinski definition) is 3. The van der Waals surface area contributed by atoms with Crippen molar-refractivity contribution in [3.63, 3.8) is 0 Å². The highest BCUT2D eigenvalue weighted by atomic mass is 16.5. The molecule has 3 atom stereocenters. The van der Waals surface area contributed by atoms with Gasteiger partial charge in [-0.1, -0.05) is 0 Å². The smallest absolute Gasteiger partial charge is 0.315 e. The molecule has 1 saturated heterocycles. The van der Waals surface area contributed by atoms with Crippen molar-refractivity contribution in [2.75, 3.05) is 13.2 Å². The van der Waals surface area contributed by atoms with Crippen LogP contribution in [-0.2, 0) is 9.53 Å². The van der Waals surface area contributed by atoms with Crippen LogP contribution in [0.15, 0.2) is 0 Å². The third-order valence-corrected chi connectivity index (χ3v) is 3.26. The molecule has 3 N–H and O–H groups in total. The second-order valence-corrected chi connectivity index (χ2v) is 4.76. The molecule has 0 aromatic rings. The molecule has 0 aromatic heterocycles. The summed E-state index contributed by atoms with van der Waals surface area (Å²) < 4.78 is 5.48. The average molecular weight is 258 g/mol. The summed E-state index contributed by atoms with van der Waals surface area (Å²) in [7, 11) is 0. The summed E-state index contributed by atoms with van der Waals surface area (Å²) in [6, 6.07) is -0.750. The molecule has 0 aliphatic carbocycles. The largest absolute Gasteiger partial charge is 0.481 e. The summed E-state index contributed by atoms with van der Waals surface area (Å²) in [4.78, 5) is 22.3. The van der Waals surface area contributed by atoms with Crippen LogP contribution in [0.5, 0.6) is 0 Å². The van der Waals surface area contributed by atoms with Crippen molar-refractivity contribution < 1.29 is 19.4 Å². The lowest BCUT2D eigenvalue weighted by atomic mass is 10.0. The van der Waals surface area contributed by atoms with Crippen molar-refractivity contribution in [3.05, 3.63) is 0 Å². The monoisotopic (exact) mass is 258 g/mol. The normalized spacial score (nSPS) is 22.9. The molecule has 0 radical (unpaired) electrons. The van der Waals surface area contributed by atoms with Gasteiger partial charge in [-0.05, 0) is 33.1 Å². The molecule has 1 heterocycles. The molecular weight excluding hydrogens is 236 g/mol. The first-order chi connectivity index (χ1) is 8.50. The van der Waals surface area contributed by atoms with Gasteiger partial charge >= 0.3 is 12.0 Å². The van der Waals surface area contributed by atoms with E-state index in [0.29, 0.717) is 6.54 Å². The predicted molar refractivity (Wildman–Crippen MR) is 66.4 cm³/mol. The van der Waals surface area contributed by atoms with E-state index in [0.717, 1.165) is 25.9 Å². The fourth-order valence-corrected chi connectivity index (χ4v) is 1.77. The molecule has 2 amide bonds. The first-order valence-electron chi connectivity index (χ1n) is 6.39. The zero-order chi connectivity index (χ0) is 13.5. The molecule has 0 spiro atoms. The molecule has 1 aliphatic heterocycles. The van der Waals surface area contributed by atoms with Gasteiger partial charge in [0.05, 0.1) is 12.0 Å². The predicted octanol–water partition coefficient (Wildman–Crippen LogP) is 0.964. The third-order valence-electron chi connectivity index (χ3n) is 3.26. The minimum absolute atomic E-state index is 0.0803. The van der Waals surface area contributed by atoms with E-state index in [9.17, 15) is 9.59 Å². The van der Waals surface area contributed by atoms with Gasteiger partial charge in [0.25, 0.3) is 0 Å². The molecule has 1 rings (SSSR count). The molecule has 6 nitrogen and oxygen atoms in total. The van der Waals surface area contributed by atoms with Crippen LogP contribution in [0.1, 0.15) is 33.1 Å². The van der Waals surface area contributed by atoms with Crippen molar-refractivity contribution in [1.29, 1.82) is 0 Å². The zero-order valence-corrected chi connectivity index (χ0v) is 10.9. The van der Waals surface area contributed by atoms with Crippen LogP contribution in [0.3, 0.4) is 0 Å². The van der Waals surface area contributed by atoms with Gasteiger partial charge in [-0.25, -0.2) is 4.79 Å². The lowest BCUT2D eigenvalue weighted by Crippen LogP contribution is -2.47. The Morgan fingerprint density at radius 2 is 2.11 bits per heavy atom. The molecular formula is C12H22N2O4. The highest BCUT2D eigenvalue weighted by molar-refractivity contribution is 5.76. The number of carboxylic acids is 1. The SMILES string of the molecule is CC(NC(=O)NCC1CCCCO1)C(C)C(=O)O. The number of rotatable bonds is 5. The Balaban J connectivity index is 2.22. The Morgan fingerprint density at radius 3 is 2.67 bits per heavy atom. The highest BCUT2D eigenvalue weighted by Crippen LogP contribution is 2.11. The van der Waals surface area contributed by atoms with Gasteiger partial charge in [0, 0.05) is 19.2 Å². The van der Waals surface area contributed by atoms with Crippen molar-refractivity contribution >= 4 is 12.0 Å². The van der Waals surface area contributed by atoms with E-state index in [1.54, 1.807) is 13.8 Å². The number of hydrogen-bond acceptors (Lipinski definition) is 3. The van der Waals surface area contributed by atoms with Gasteiger partial charge in [-0.2, -0.15) is 0 Å². The molecule has 3 unspecified atom stereocenters. The molecule has 0 bridgehead atoms. The van der Waals surface area contributed by atoms with E-state index >= 15 is 0 Å². The highest BCUT2D eigenvalue weighted by Gasteiger charge is 2.21. The first kappa shape index (κ1) is 14.8. The first-order valence-corrected chi connectivity index (χ1v) is 6.39. The maximum Gasteiger partial charge on any atom is 0.315 e. The Bertz CT molecular complexity index is 290. The minimum Gasteiger partial charge on any atom is -0.481 e. The van der Waals surface area contributed by atoms with Crippen LogP contribution >= 0.6 is 0 Å². The van der Waals surface area contributed by atoms with Crippen molar-refractivity contribution in [1.82, 2.24) is 10.6 Å². The fraction of sp³-hybridized carbons (Fsp3) is 0.833. The second-order valence-electron chi connectivity index (χ2n) is 4.76. The Kier molecular flexibility index (Phi) is 5.91. The number of ether oxygens (including phenoxy) is 1. The van der Waals surface area contributed by atoms with E-state index in [2.05, 4.69) is 10.6 Å². The van der Waals surface area contributed by atoms with Crippen LogP contribution in [0.25, 0.3) is 0 Å². The minimum atomic E-state index is -0.918. The summed E-state index contributed by atoms with van der Waals surface area (Å²) in [5.41, 5.74) is 0. The van der Waals surface area contributed by atoms with E-state index in [1.165, 1.54) is 0 Å². The summed E-state index contributed by atoms with van der Waals surface area (Å²) in [6.07, 6.45) is 3.24. The maximum atomic E-state index is 11.6. The standard InChI is InChI=1S/C12H22N2O4/c1-8(11(15)16)9(2)14-12(17)13-7-10-5-3-4-6-18-10/h8-10H,3-7H2,1-2H3,(H,15,16)(H2,13,14,17). The number of carbonyl (C=O) groups is 2. The van der Waals surface area contributed by atoms with Crippen LogP contribution in [0.4, 0.5) is 4.79 Å². The van der Waals surface area contributed by atoms with Crippen LogP contribution in [0, 0.1) is 5.92 Å². The van der Waals surface area contributed by atoms with Crippen molar-refractivity contribution in [3.8, 4) is 0 Å². The van der Waals surface area contributed by atoms with Gasteiger partial charge in [0.1, 0.15) is 0 Å².